The molecule has 2 saturated carbocycles. The van der Waals surface area contributed by atoms with Gasteiger partial charge in [0.05, 0.1) is 19.3 Å². The van der Waals surface area contributed by atoms with E-state index in [0.717, 1.165) is 25.0 Å². The third-order valence-corrected chi connectivity index (χ3v) is 11.5. The molecule has 232 valence electrons. The third kappa shape index (κ3) is 13.9. The largest absolute Gasteiger partial charge is 0.332 e. The SMILES string of the molecule is CCCCCC(CCC)COP(OCC(CCC)CCCCC)OC1CCC(C(C)(C)C2CCCCC2)CC1. The van der Waals surface area contributed by atoms with Crippen LogP contribution in [0, 0.1) is 29.1 Å². The van der Waals surface area contributed by atoms with Gasteiger partial charge in [0.15, 0.2) is 0 Å². The van der Waals surface area contributed by atoms with Crippen LogP contribution in [0.5, 0.6) is 0 Å². The summed E-state index contributed by atoms with van der Waals surface area (Å²) >= 11 is 0. The van der Waals surface area contributed by atoms with Crippen LogP contribution in [0.25, 0.3) is 0 Å². The zero-order valence-corrected chi connectivity index (χ0v) is 28.2. The van der Waals surface area contributed by atoms with Gasteiger partial charge in [-0.3, -0.25) is 0 Å². The molecule has 0 heterocycles. The van der Waals surface area contributed by atoms with Crippen LogP contribution in [0.1, 0.15) is 176 Å². The minimum absolute atomic E-state index is 0.309. The van der Waals surface area contributed by atoms with Crippen LogP contribution in [0.4, 0.5) is 0 Å². The highest BCUT2D eigenvalue weighted by Gasteiger charge is 2.40. The lowest BCUT2D eigenvalue weighted by atomic mass is 9.61. The second kappa shape index (κ2) is 21.1. The highest BCUT2D eigenvalue weighted by atomic mass is 31.2. The number of rotatable bonds is 22. The molecule has 0 aromatic rings. The normalized spacial score (nSPS) is 23.5. The summed E-state index contributed by atoms with van der Waals surface area (Å²) in [4.78, 5) is 0. The number of hydrogen-bond acceptors (Lipinski definition) is 3. The minimum atomic E-state index is -1.26. The lowest BCUT2D eigenvalue weighted by molar-refractivity contribution is 0.0178. The fourth-order valence-corrected chi connectivity index (χ4v) is 8.76. The molecule has 0 spiro atoms. The second-order valence-corrected chi connectivity index (χ2v) is 15.0. The van der Waals surface area contributed by atoms with Crippen molar-refractivity contribution in [3.63, 3.8) is 0 Å². The molecule has 0 bridgehead atoms. The Hall–Kier alpha value is 0.310. The second-order valence-electron chi connectivity index (χ2n) is 13.9. The zero-order chi connectivity index (χ0) is 28.3. The lowest BCUT2D eigenvalue weighted by Gasteiger charge is -2.46. The van der Waals surface area contributed by atoms with E-state index < -0.39 is 8.60 Å². The molecule has 0 saturated heterocycles. The van der Waals surface area contributed by atoms with Crippen molar-refractivity contribution < 1.29 is 13.6 Å². The Kier molecular flexibility index (Phi) is 19.2. The van der Waals surface area contributed by atoms with E-state index >= 15 is 0 Å². The molecule has 2 aliphatic rings. The predicted molar refractivity (Wildman–Crippen MR) is 171 cm³/mol. The molecule has 0 N–H and O–H groups in total. The first kappa shape index (κ1) is 35.5. The van der Waals surface area contributed by atoms with Crippen molar-refractivity contribution in [2.45, 2.75) is 182 Å². The Morgan fingerprint density at radius 2 is 1.08 bits per heavy atom. The van der Waals surface area contributed by atoms with Crippen LogP contribution in [0.2, 0.25) is 0 Å². The fraction of sp³-hybridized carbons (Fsp3) is 1.00. The molecule has 0 amide bonds. The van der Waals surface area contributed by atoms with Gasteiger partial charge in [-0.05, 0) is 93.3 Å². The van der Waals surface area contributed by atoms with Gasteiger partial charge in [0.2, 0.25) is 0 Å². The molecule has 2 fully saturated rings. The van der Waals surface area contributed by atoms with E-state index in [4.69, 9.17) is 13.6 Å². The Morgan fingerprint density at radius 1 is 0.590 bits per heavy atom. The van der Waals surface area contributed by atoms with Gasteiger partial charge in [-0.2, -0.15) is 0 Å². The van der Waals surface area contributed by atoms with Gasteiger partial charge in [-0.1, -0.05) is 112 Å². The van der Waals surface area contributed by atoms with Gasteiger partial charge >= 0.3 is 8.60 Å². The summed E-state index contributed by atoms with van der Waals surface area (Å²) in [5.41, 5.74) is 0.473. The topological polar surface area (TPSA) is 27.7 Å². The Balaban J connectivity index is 1.93. The predicted octanol–water partition coefficient (Wildman–Crippen LogP) is 12.4. The van der Waals surface area contributed by atoms with Crippen molar-refractivity contribution in [1.82, 2.24) is 0 Å². The maximum Gasteiger partial charge on any atom is 0.332 e. The minimum Gasteiger partial charge on any atom is -0.312 e. The smallest absolute Gasteiger partial charge is 0.312 e. The lowest BCUT2D eigenvalue weighted by Crippen LogP contribution is -2.37. The summed E-state index contributed by atoms with van der Waals surface area (Å²) in [5, 5.41) is 0. The Bertz CT molecular complexity index is 544. The van der Waals surface area contributed by atoms with E-state index in [0.29, 0.717) is 23.4 Å². The van der Waals surface area contributed by atoms with Crippen molar-refractivity contribution in [3.8, 4) is 0 Å². The first-order valence-electron chi connectivity index (χ1n) is 17.7. The average molecular weight is 569 g/mol. The van der Waals surface area contributed by atoms with Gasteiger partial charge in [0, 0.05) is 0 Å². The van der Waals surface area contributed by atoms with Crippen LogP contribution in [-0.2, 0) is 13.6 Å². The highest BCUT2D eigenvalue weighted by molar-refractivity contribution is 7.41. The van der Waals surface area contributed by atoms with E-state index in [-0.39, 0.29) is 0 Å². The van der Waals surface area contributed by atoms with E-state index in [1.165, 1.54) is 135 Å². The third-order valence-electron chi connectivity index (χ3n) is 10.3. The van der Waals surface area contributed by atoms with Crippen molar-refractivity contribution in [3.05, 3.63) is 0 Å². The standard InChI is InChI=1S/C35H69O3P/c1-7-11-14-20-30(18-9-3)28-36-39(37-29-31(19-10-4)21-15-12-8-2)38-34-26-24-33(25-27-34)35(5,6)32-22-16-13-17-23-32/h30-34H,7-29H2,1-6H3. The van der Waals surface area contributed by atoms with Crippen LogP contribution in [0.3, 0.4) is 0 Å². The van der Waals surface area contributed by atoms with Crippen LogP contribution >= 0.6 is 8.60 Å². The summed E-state index contributed by atoms with van der Waals surface area (Å²) in [7, 11) is -1.26. The van der Waals surface area contributed by atoms with Gasteiger partial charge < -0.3 is 13.6 Å². The van der Waals surface area contributed by atoms with E-state index in [1.807, 2.05) is 0 Å². The average Bonchev–Trinajstić information content (AvgIpc) is 2.95. The van der Waals surface area contributed by atoms with E-state index in [1.54, 1.807) is 0 Å². The molecule has 2 rings (SSSR count). The first-order valence-corrected chi connectivity index (χ1v) is 18.8. The Morgan fingerprint density at radius 3 is 1.54 bits per heavy atom. The monoisotopic (exact) mass is 568 g/mol. The van der Waals surface area contributed by atoms with Crippen molar-refractivity contribution >= 4 is 8.60 Å². The fourth-order valence-electron chi connectivity index (χ4n) is 7.45. The highest BCUT2D eigenvalue weighted by Crippen LogP contribution is 2.51. The maximum absolute atomic E-state index is 6.73. The molecule has 2 atom stereocenters. The summed E-state index contributed by atoms with van der Waals surface area (Å²) in [5.74, 6) is 3.04. The summed E-state index contributed by atoms with van der Waals surface area (Å²) < 4.78 is 19.8. The Labute approximate surface area is 246 Å². The van der Waals surface area contributed by atoms with Crippen molar-refractivity contribution in [1.29, 1.82) is 0 Å². The quantitative estimate of drug-likeness (QED) is 0.0960. The van der Waals surface area contributed by atoms with Gasteiger partial charge in [0.25, 0.3) is 0 Å². The van der Waals surface area contributed by atoms with Crippen molar-refractivity contribution in [2.75, 3.05) is 13.2 Å². The number of unbranched alkanes of at least 4 members (excludes halogenated alkanes) is 4. The van der Waals surface area contributed by atoms with Crippen molar-refractivity contribution in [2.24, 2.45) is 29.1 Å². The molecule has 2 unspecified atom stereocenters. The maximum atomic E-state index is 6.73. The zero-order valence-electron chi connectivity index (χ0n) is 27.3. The first-order chi connectivity index (χ1) is 18.9. The molecule has 3 nitrogen and oxygen atoms in total. The molecular formula is C35H69O3P. The van der Waals surface area contributed by atoms with Crippen LogP contribution < -0.4 is 0 Å². The van der Waals surface area contributed by atoms with Gasteiger partial charge in [0.1, 0.15) is 0 Å². The van der Waals surface area contributed by atoms with E-state index in [2.05, 4.69) is 41.5 Å². The molecule has 0 aliphatic heterocycles. The van der Waals surface area contributed by atoms with Gasteiger partial charge in [-0.15, -0.1) is 0 Å². The van der Waals surface area contributed by atoms with E-state index in [9.17, 15) is 0 Å². The number of hydrogen-bond donors (Lipinski definition) is 0. The van der Waals surface area contributed by atoms with Gasteiger partial charge in [-0.25, -0.2) is 0 Å². The summed E-state index contributed by atoms with van der Waals surface area (Å²) in [6.45, 7) is 16.0. The van der Waals surface area contributed by atoms with Crippen LogP contribution in [-0.4, -0.2) is 19.3 Å². The summed E-state index contributed by atoms with van der Waals surface area (Å²) in [6.07, 6.45) is 27.9. The molecule has 0 radical (unpaired) electrons. The molecule has 4 heteroatoms. The molecular weight excluding hydrogens is 499 g/mol. The molecule has 39 heavy (non-hydrogen) atoms. The van der Waals surface area contributed by atoms with Crippen LogP contribution in [0.15, 0.2) is 0 Å². The molecule has 0 aromatic heterocycles. The summed E-state index contributed by atoms with van der Waals surface area (Å²) in [6, 6.07) is 0. The molecule has 2 aliphatic carbocycles. The molecule has 0 aromatic carbocycles.